The summed E-state index contributed by atoms with van der Waals surface area (Å²) >= 11 is 0. The fraction of sp³-hybridized carbons (Fsp3) is 0.148. The Kier molecular flexibility index (Phi) is 8.82. The van der Waals surface area contributed by atoms with E-state index < -0.39 is 11.4 Å². The molecule has 0 saturated carbocycles. The van der Waals surface area contributed by atoms with Gasteiger partial charge in [-0.05, 0) is 60.4 Å². The fourth-order valence-electron chi connectivity index (χ4n) is 3.65. The first-order valence-corrected chi connectivity index (χ1v) is 10.6. The Morgan fingerprint density at radius 3 is 1.56 bits per heavy atom. The molecule has 166 valence electrons. The second-order valence-electron chi connectivity index (χ2n) is 7.79. The van der Waals surface area contributed by atoms with E-state index in [1.807, 2.05) is 79.7 Å². The molecule has 0 fully saturated rings. The van der Waals surface area contributed by atoms with Crippen LogP contribution in [0.3, 0.4) is 0 Å². The molecular weight excluding hydrogens is 439 g/mol. The number of benzene rings is 2. The maximum atomic E-state index is 11.3. The second kappa shape index (κ2) is 11.8. The summed E-state index contributed by atoms with van der Waals surface area (Å²) in [5.41, 5.74) is 1.39. The topological polar surface area (TPSA) is 84.4 Å². The van der Waals surface area contributed by atoms with E-state index in [4.69, 9.17) is 9.47 Å². The van der Waals surface area contributed by atoms with Gasteiger partial charge >= 0.3 is 29.6 Å². The van der Waals surface area contributed by atoms with E-state index in [0.29, 0.717) is 29.7 Å². The number of carboxylic acids is 1. The maximum absolute atomic E-state index is 11.3. The van der Waals surface area contributed by atoms with Gasteiger partial charge in [0.1, 0.15) is 11.5 Å². The zero-order chi connectivity index (χ0) is 23.1. The van der Waals surface area contributed by atoms with Gasteiger partial charge in [-0.1, -0.05) is 43.3 Å². The van der Waals surface area contributed by atoms with Crippen molar-refractivity contribution in [2.75, 3.05) is 0 Å². The van der Waals surface area contributed by atoms with Gasteiger partial charge in [0.05, 0.1) is 0 Å². The molecular formula is C27H23N2NaO4. The van der Waals surface area contributed by atoms with E-state index in [2.05, 4.69) is 9.97 Å². The monoisotopic (exact) mass is 462 g/mol. The number of hydrogen-bond donors (Lipinski definition) is 0. The number of rotatable bonds is 9. The van der Waals surface area contributed by atoms with Gasteiger partial charge in [-0.2, -0.15) is 0 Å². The van der Waals surface area contributed by atoms with Crippen LogP contribution >= 0.6 is 0 Å². The van der Waals surface area contributed by atoms with Crippen LogP contribution in [-0.4, -0.2) is 15.9 Å². The van der Waals surface area contributed by atoms with Crippen LogP contribution < -0.4 is 44.1 Å². The van der Waals surface area contributed by atoms with Crippen molar-refractivity contribution in [1.29, 1.82) is 0 Å². The van der Waals surface area contributed by atoms with Gasteiger partial charge in [0.2, 0.25) is 11.8 Å². The summed E-state index contributed by atoms with van der Waals surface area (Å²) < 4.78 is 11.6. The standard InChI is InChI=1S/C27H24N2O4.Na/c1-27(17-16-26(30)31,20-8-12-22(13-9-20)32-24-6-2-4-18-28-24)21-10-14-23(15-11-21)33-25-7-3-5-19-29-25;/h2-15,18-19H,16-17H2,1H3,(H,30,31);/q;+1/p-1. The molecule has 0 N–H and O–H groups in total. The number of pyridine rings is 2. The molecule has 34 heavy (non-hydrogen) atoms. The summed E-state index contributed by atoms with van der Waals surface area (Å²) in [5.74, 6) is 1.24. The van der Waals surface area contributed by atoms with E-state index in [-0.39, 0.29) is 36.0 Å². The van der Waals surface area contributed by atoms with E-state index in [9.17, 15) is 9.90 Å². The van der Waals surface area contributed by atoms with E-state index in [1.54, 1.807) is 24.5 Å². The van der Waals surface area contributed by atoms with Gasteiger partial charge in [0, 0.05) is 35.9 Å². The minimum Gasteiger partial charge on any atom is -0.550 e. The Hall–Kier alpha value is -3.19. The molecule has 4 aromatic rings. The third kappa shape index (κ3) is 6.44. The molecule has 2 heterocycles. The largest absolute Gasteiger partial charge is 1.00 e. The van der Waals surface area contributed by atoms with Gasteiger partial charge < -0.3 is 19.4 Å². The zero-order valence-electron chi connectivity index (χ0n) is 19.2. The van der Waals surface area contributed by atoms with Crippen molar-refractivity contribution in [1.82, 2.24) is 9.97 Å². The van der Waals surface area contributed by atoms with E-state index in [0.717, 1.165) is 11.1 Å². The molecule has 0 bridgehead atoms. The SMILES string of the molecule is CC(CCC(=O)[O-])(c1ccc(Oc2ccccn2)cc1)c1ccc(Oc2ccccn2)cc1.[Na+]. The van der Waals surface area contributed by atoms with Crippen molar-refractivity contribution in [3.8, 4) is 23.3 Å². The van der Waals surface area contributed by atoms with E-state index >= 15 is 0 Å². The quantitative estimate of drug-likeness (QED) is 0.354. The Morgan fingerprint density at radius 2 is 1.21 bits per heavy atom. The molecule has 0 aliphatic carbocycles. The molecule has 0 unspecified atom stereocenters. The van der Waals surface area contributed by atoms with Gasteiger partial charge in [0.25, 0.3) is 0 Å². The molecule has 0 amide bonds. The Morgan fingerprint density at radius 1 is 0.765 bits per heavy atom. The van der Waals surface area contributed by atoms with Crippen molar-refractivity contribution >= 4 is 5.97 Å². The Bertz CT molecular complexity index is 1100. The van der Waals surface area contributed by atoms with Crippen molar-refractivity contribution in [3.63, 3.8) is 0 Å². The smallest absolute Gasteiger partial charge is 0.550 e. The molecule has 2 aromatic carbocycles. The molecule has 6 nitrogen and oxygen atoms in total. The van der Waals surface area contributed by atoms with Crippen molar-refractivity contribution in [2.24, 2.45) is 0 Å². The van der Waals surface area contributed by atoms with E-state index in [1.165, 1.54) is 0 Å². The molecule has 7 heteroatoms. The fourth-order valence-corrected chi connectivity index (χ4v) is 3.65. The molecule has 0 spiro atoms. The molecule has 4 rings (SSSR count). The predicted octanol–water partition coefficient (Wildman–Crippen LogP) is 1.90. The number of carbonyl (C=O) groups is 1. The van der Waals surface area contributed by atoms with Crippen LogP contribution in [0, 0.1) is 0 Å². The maximum Gasteiger partial charge on any atom is 1.00 e. The van der Waals surface area contributed by atoms with Gasteiger partial charge in [0.15, 0.2) is 0 Å². The van der Waals surface area contributed by atoms with Gasteiger partial charge in [-0.3, -0.25) is 0 Å². The summed E-state index contributed by atoms with van der Waals surface area (Å²) in [7, 11) is 0. The molecule has 2 aromatic heterocycles. The normalized spacial score (nSPS) is 10.7. The van der Waals surface area contributed by atoms with Crippen molar-refractivity contribution in [3.05, 3.63) is 108 Å². The van der Waals surface area contributed by atoms with Gasteiger partial charge in [-0.25, -0.2) is 9.97 Å². The first-order chi connectivity index (χ1) is 16.0. The molecule has 0 aliphatic rings. The number of carbonyl (C=O) groups excluding carboxylic acids is 1. The summed E-state index contributed by atoms with van der Waals surface area (Å²) in [6.45, 7) is 2.03. The summed E-state index contributed by atoms with van der Waals surface area (Å²) in [4.78, 5) is 19.6. The number of aliphatic carboxylic acids is 1. The Labute approximate surface area is 220 Å². The number of aromatic nitrogens is 2. The molecule has 0 atom stereocenters. The van der Waals surface area contributed by atoms with Crippen LogP contribution in [0.4, 0.5) is 0 Å². The third-order valence-electron chi connectivity index (χ3n) is 5.53. The zero-order valence-corrected chi connectivity index (χ0v) is 21.2. The number of ether oxygens (including phenoxy) is 2. The Balaban J connectivity index is 0.00000324. The van der Waals surface area contributed by atoms with Crippen LogP contribution in [0.15, 0.2) is 97.3 Å². The van der Waals surface area contributed by atoms with Crippen LogP contribution in [0.2, 0.25) is 0 Å². The first kappa shape index (κ1) is 25.4. The molecule has 0 saturated heterocycles. The predicted molar refractivity (Wildman–Crippen MR) is 122 cm³/mol. The van der Waals surface area contributed by atoms with Gasteiger partial charge in [-0.15, -0.1) is 0 Å². The summed E-state index contributed by atoms with van der Waals surface area (Å²) in [5, 5.41) is 11.3. The molecule has 0 radical (unpaired) electrons. The van der Waals surface area contributed by atoms with Crippen LogP contribution in [0.5, 0.6) is 23.3 Å². The number of hydrogen-bond acceptors (Lipinski definition) is 6. The van der Waals surface area contributed by atoms with Crippen molar-refractivity contribution < 1.29 is 48.9 Å². The average molecular weight is 462 g/mol. The third-order valence-corrected chi connectivity index (χ3v) is 5.53. The second-order valence-corrected chi connectivity index (χ2v) is 7.79. The van der Waals surface area contributed by atoms with Crippen LogP contribution in [0.1, 0.15) is 30.9 Å². The number of carboxylic acid groups (broad SMARTS) is 1. The van der Waals surface area contributed by atoms with Crippen LogP contribution in [0.25, 0.3) is 0 Å². The minimum absolute atomic E-state index is 0. The number of nitrogens with zero attached hydrogens (tertiary/aromatic N) is 2. The first-order valence-electron chi connectivity index (χ1n) is 10.6. The van der Waals surface area contributed by atoms with Crippen molar-refractivity contribution in [2.45, 2.75) is 25.2 Å². The average Bonchev–Trinajstić information content (AvgIpc) is 2.85. The summed E-state index contributed by atoms with van der Waals surface area (Å²) in [6, 6.07) is 26.2. The minimum atomic E-state index is -1.08. The molecule has 0 aliphatic heterocycles. The summed E-state index contributed by atoms with van der Waals surface area (Å²) in [6.07, 6.45) is 3.66. The van der Waals surface area contributed by atoms with Crippen LogP contribution in [-0.2, 0) is 10.2 Å².